The molecule has 5 nitrogen and oxygen atoms in total. The van der Waals surface area contributed by atoms with Gasteiger partial charge in [0.15, 0.2) is 0 Å². The van der Waals surface area contributed by atoms with Crippen LogP contribution in [0.25, 0.3) is 0 Å². The minimum Gasteiger partial charge on any atom is -0.368 e. The van der Waals surface area contributed by atoms with Crippen molar-refractivity contribution in [3.05, 3.63) is 16.5 Å². The quantitative estimate of drug-likeness (QED) is 0.883. The Bertz CT molecular complexity index is 561. The first-order valence-corrected chi connectivity index (χ1v) is 8.13. The van der Waals surface area contributed by atoms with Crippen LogP contribution in [0.1, 0.15) is 25.7 Å². The fraction of sp³-hybridized carbons (Fsp3) is 0.500. The van der Waals surface area contributed by atoms with Crippen molar-refractivity contribution >= 4 is 38.9 Å². The van der Waals surface area contributed by atoms with E-state index in [1.807, 2.05) is 0 Å². The third kappa shape index (κ3) is 2.54. The molecule has 3 N–H and O–H groups in total. The summed E-state index contributed by atoms with van der Waals surface area (Å²) >= 11 is 6.67. The predicted molar refractivity (Wildman–Crippen MR) is 70.0 cm³/mol. The highest BCUT2D eigenvalue weighted by Crippen LogP contribution is 2.33. The summed E-state index contributed by atoms with van der Waals surface area (Å²) < 4.78 is 27.2. The molecule has 1 aliphatic rings. The zero-order valence-corrected chi connectivity index (χ0v) is 11.9. The average molecular weight is 309 g/mol. The lowest BCUT2D eigenvalue weighted by Crippen LogP contribution is -2.55. The summed E-state index contributed by atoms with van der Waals surface area (Å²) in [5, 5.41) is 0. The van der Waals surface area contributed by atoms with Crippen LogP contribution in [0.3, 0.4) is 0 Å². The zero-order valence-electron chi connectivity index (χ0n) is 9.48. The number of nitrogens with one attached hydrogen (secondary N) is 1. The van der Waals surface area contributed by atoms with E-state index in [0.29, 0.717) is 17.2 Å². The zero-order chi connectivity index (χ0) is 13.4. The number of hydrogen-bond donors (Lipinski definition) is 2. The van der Waals surface area contributed by atoms with E-state index in [2.05, 4.69) is 4.72 Å². The Kier molecular flexibility index (Phi) is 3.68. The molecule has 0 spiro atoms. The van der Waals surface area contributed by atoms with Gasteiger partial charge in [0.1, 0.15) is 9.75 Å². The van der Waals surface area contributed by atoms with Gasteiger partial charge in [0.05, 0.1) is 4.34 Å². The van der Waals surface area contributed by atoms with E-state index in [9.17, 15) is 13.2 Å². The summed E-state index contributed by atoms with van der Waals surface area (Å²) in [6.45, 7) is 0. The second kappa shape index (κ2) is 4.80. The van der Waals surface area contributed by atoms with Gasteiger partial charge >= 0.3 is 0 Å². The molecule has 0 radical (unpaired) electrons. The number of hydrogen-bond acceptors (Lipinski definition) is 4. The predicted octanol–water partition coefficient (Wildman–Crippen LogP) is 1.48. The molecule has 1 aliphatic carbocycles. The van der Waals surface area contributed by atoms with Crippen molar-refractivity contribution in [3.63, 3.8) is 0 Å². The van der Waals surface area contributed by atoms with Gasteiger partial charge in [0.2, 0.25) is 5.91 Å². The smallest absolute Gasteiger partial charge is 0.251 e. The standard InChI is InChI=1S/C10H13ClN2O3S2/c11-7-3-4-8(17-7)18(15,16)13-10(9(12)14)5-1-2-6-10/h3-4,13H,1-2,5-6H2,(H2,12,14). The van der Waals surface area contributed by atoms with E-state index in [0.717, 1.165) is 24.2 Å². The molecule has 0 unspecified atom stereocenters. The molecule has 0 saturated heterocycles. The van der Waals surface area contributed by atoms with Crippen molar-refractivity contribution in [1.82, 2.24) is 4.72 Å². The van der Waals surface area contributed by atoms with Gasteiger partial charge in [-0.15, -0.1) is 11.3 Å². The van der Waals surface area contributed by atoms with Gasteiger partial charge in [-0.05, 0) is 25.0 Å². The minimum atomic E-state index is -3.74. The molecular weight excluding hydrogens is 296 g/mol. The number of carbonyl (C=O) groups is 1. The van der Waals surface area contributed by atoms with Gasteiger partial charge in [0, 0.05) is 0 Å². The van der Waals surface area contributed by atoms with Crippen molar-refractivity contribution in [1.29, 1.82) is 0 Å². The molecule has 0 aliphatic heterocycles. The molecule has 100 valence electrons. The van der Waals surface area contributed by atoms with Crippen LogP contribution < -0.4 is 10.5 Å². The second-order valence-corrected chi connectivity index (χ2v) is 7.94. The largest absolute Gasteiger partial charge is 0.368 e. The van der Waals surface area contributed by atoms with E-state index in [1.165, 1.54) is 12.1 Å². The summed E-state index contributed by atoms with van der Waals surface area (Å²) in [4.78, 5) is 11.5. The number of rotatable bonds is 4. The van der Waals surface area contributed by atoms with Crippen molar-refractivity contribution in [2.45, 2.75) is 35.4 Å². The lowest BCUT2D eigenvalue weighted by Gasteiger charge is -2.25. The van der Waals surface area contributed by atoms with Crippen molar-refractivity contribution in [2.75, 3.05) is 0 Å². The summed E-state index contributed by atoms with van der Waals surface area (Å²) in [5.74, 6) is -0.619. The lowest BCUT2D eigenvalue weighted by molar-refractivity contribution is -0.123. The molecule has 0 atom stereocenters. The van der Waals surface area contributed by atoms with E-state index in [4.69, 9.17) is 17.3 Å². The lowest BCUT2D eigenvalue weighted by atomic mass is 9.99. The first-order chi connectivity index (χ1) is 8.36. The molecule has 1 saturated carbocycles. The van der Waals surface area contributed by atoms with Crippen LogP contribution in [-0.2, 0) is 14.8 Å². The molecule has 8 heteroatoms. The van der Waals surface area contributed by atoms with E-state index < -0.39 is 21.5 Å². The Labute approximate surface area is 114 Å². The molecule has 0 bridgehead atoms. The van der Waals surface area contributed by atoms with Crippen molar-refractivity contribution in [3.8, 4) is 0 Å². The molecular formula is C10H13ClN2O3S2. The Morgan fingerprint density at radius 1 is 1.39 bits per heavy atom. The van der Waals surface area contributed by atoms with Crippen LogP contribution in [0.15, 0.2) is 16.3 Å². The number of halogens is 1. The average Bonchev–Trinajstić information content (AvgIpc) is 2.87. The Hall–Kier alpha value is -0.630. The molecule has 18 heavy (non-hydrogen) atoms. The second-order valence-electron chi connectivity index (χ2n) is 4.32. The van der Waals surface area contributed by atoms with Crippen molar-refractivity contribution in [2.24, 2.45) is 5.73 Å². The fourth-order valence-electron chi connectivity index (χ4n) is 2.13. The van der Waals surface area contributed by atoms with Gasteiger partial charge in [-0.1, -0.05) is 24.4 Å². The fourth-order valence-corrected chi connectivity index (χ4v) is 5.04. The molecule has 1 fully saturated rings. The first-order valence-electron chi connectivity index (χ1n) is 5.45. The molecule has 1 amide bonds. The number of sulfonamides is 1. The van der Waals surface area contributed by atoms with Gasteiger partial charge < -0.3 is 5.73 Å². The number of nitrogens with two attached hydrogens (primary N) is 1. The van der Waals surface area contributed by atoms with Crippen LogP contribution >= 0.6 is 22.9 Å². The third-order valence-electron chi connectivity index (χ3n) is 3.07. The Morgan fingerprint density at radius 3 is 2.44 bits per heavy atom. The maximum atomic E-state index is 12.1. The van der Waals surface area contributed by atoms with E-state index >= 15 is 0 Å². The molecule has 2 rings (SSSR count). The highest BCUT2D eigenvalue weighted by Gasteiger charge is 2.43. The van der Waals surface area contributed by atoms with Gasteiger partial charge in [0.25, 0.3) is 10.0 Å². The van der Waals surface area contributed by atoms with Crippen LogP contribution in [0.2, 0.25) is 4.34 Å². The van der Waals surface area contributed by atoms with Crippen LogP contribution in [0.5, 0.6) is 0 Å². The van der Waals surface area contributed by atoms with Gasteiger partial charge in [-0.3, -0.25) is 4.79 Å². The number of amides is 1. The van der Waals surface area contributed by atoms with Crippen LogP contribution in [0.4, 0.5) is 0 Å². The summed E-state index contributed by atoms with van der Waals surface area (Å²) in [6.07, 6.45) is 2.47. The SMILES string of the molecule is NC(=O)C1(NS(=O)(=O)c2ccc(Cl)s2)CCCC1. The maximum absolute atomic E-state index is 12.1. The summed E-state index contributed by atoms with van der Waals surface area (Å²) in [6, 6.07) is 2.92. The van der Waals surface area contributed by atoms with E-state index in [-0.39, 0.29) is 4.21 Å². The summed E-state index contributed by atoms with van der Waals surface area (Å²) in [5.41, 5.74) is 4.19. The molecule has 1 aromatic rings. The molecule has 0 aromatic carbocycles. The monoisotopic (exact) mass is 308 g/mol. The maximum Gasteiger partial charge on any atom is 0.251 e. The van der Waals surface area contributed by atoms with Crippen LogP contribution in [-0.4, -0.2) is 19.9 Å². The highest BCUT2D eigenvalue weighted by molar-refractivity contribution is 7.91. The third-order valence-corrected chi connectivity index (χ3v) is 6.33. The molecule has 1 heterocycles. The number of carbonyl (C=O) groups excluding carboxylic acids is 1. The Morgan fingerprint density at radius 2 is 2.00 bits per heavy atom. The normalized spacial score (nSPS) is 18.9. The topological polar surface area (TPSA) is 89.3 Å². The number of primary amides is 1. The minimum absolute atomic E-state index is 0.0972. The van der Waals surface area contributed by atoms with E-state index in [1.54, 1.807) is 0 Å². The Balaban J connectivity index is 2.29. The van der Waals surface area contributed by atoms with Gasteiger partial charge in [-0.2, -0.15) is 4.72 Å². The summed E-state index contributed by atoms with van der Waals surface area (Å²) in [7, 11) is -3.74. The molecule has 1 aromatic heterocycles. The first kappa shape index (κ1) is 13.8. The van der Waals surface area contributed by atoms with Crippen LogP contribution in [0, 0.1) is 0 Å². The van der Waals surface area contributed by atoms with Gasteiger partial charge in [-0.25, -0.2) is 8.42 Å². The number of thiophene rings is 1. The highest BCUT2D eigenvalue weighted by atomic mass is 35.5. The van der Waals surface area contributed by atoms with Crippen molar-refractivity contribution < 1.29 is 13.2 Å².